The first-order chi connectivity index (χ1) is 15.2. The average molecular weight is 434 g/mol. The van der Waals surface area contributed by atoms with Crippen LogP contribution in [-0.4, -0.2) is 39.1 Å². The minimum absolute atomic E-state index is 0.0966. The Balaban J connectivity index is 2.10. The van der Waals surface area contributed by atoms with Crippen LogP contribution in [0.2, 0.25) is 0 Å². The van der Waals surface area contributed by atoms with Crippen molar-refractivity contribution in [2.24, 2.45) is 0 Å². The minimum Gasteiger partial charge on any atom is -0.464 e. The first-order valence-corrected chi connectivity index (χ1v) is 11.7. The molecule has 1 aromatic rings. The number of allylic oxidation sites excluding steroid dienone is 4. The molecular weight excluding hydrogens is 394 g/mol. The third-order valence-electron chi connectivity index (χ3n) is 4.80. The molecule has 8 heteroatoms. The van der Waals surface area contributed by atoms with Crippen LogP contribution in [0.3, 0.4) is 0 Å². The number of carbonyl (C=O) groups excluding carboxylic acids is 2. The number of amides is 1. The molecule has 1 heterocycles. The molecule has 1 atom stereocenters. The summed E-state index contributed by atoms with van der Waals surface area (Å²) in [6.45, 7) is 4.16. The van der Waals surface area contributed by atoms with Crippen molar-refractivity contribution in [3.63, 3.8) is 0 Å². The van der Waals surface area contributed by atoms with Crippen LogP contribution in [0, 0.1) is 0 Å². The SMILES string of the molecule is CCCCCCCC/C=C\C/C=C\CCCCC(=O)NC(C(=O)OCC)c1nn[nH]n1. The van der Waals surface area contributed by atoms with Gasteiger partial charge in [0.25, 0.3) is 0 Å². The predicted octanol–water partition coefficient (Wildman–Crippen LogP) is 4.73. The number of hydrogen-bond donors (Lipinski definition) is 2. The molecule has 0 radical (unpaired) electrons. The number of rotatable bonds is 18. The van der Waals surface area contributed by atoms with Gasteiger partial charge in [-0.15, -0.1) is 10.2 Å². The highest BCUT2D eigenvalue weighted by molar-refractivity contribution is 5.84. The van der Waals surface area contributed by atoms with Gasteiger partial charge in [0.1, 0.15) is 0 Å². The summed E-state index contributed by atoms with van der Waals surface area (Å²) in [4.78, 5) is 24.2. The van der Waals surface area contributed by atoms with Crippen LogP contribution in [0.1, 0.15) is 103 Å². The fourth-order valence-electron chi connectivity index (χ4n) is 3.08. The Morgan fingerprint density at radius 3 is 2.29 bits per heavy atom. The van der Waals surface area contributed by atoms with Gasteiger partial charge in [-0.1, -0.05) is 68.5 Å². The van der Waals surface area contributed by atoms with Crippen LogP contribution >= 0.6 is 0 Å². The maximum atomic E-state index is 12.2. The number of ether oxygens (including phenoxy) is 1. The molecular formula is C23H39N5O3. The van der Waals surface area contributed by atoms with E-state index < -0.39 is 12.0 Å². The zero-order chi connectivity index (χ0) is 22.6. The van der Waals surface area contributed by atoms with Gasteiger partial charge in [-0.3, -0.25) is 4.79 Å². The van der Waals surface area contributed by atoms with Gasteiger partial charge >= 0.3 is 5.97 Å². The molecule has 1 aromatic heterocycles. The lowest BCUT2D eigenvalue weighted by molar-refractivity contribution is -0.147. The number of aromatic amines is 1. The number of nitrogens with one attached hydrogen (secondary N) is 2. The van der Waals surface area contributed by atoms with Gasteiger partial charge in [-0.25, -0.2) is 4.79 Å². The molecule has 0 aliphatic rings. The molecule has 8 nitrogen and oxygen atoms in total. The summed E-state index contributed by atoms with van der Waals surface area (Å²) in [7, 11) is 0. The van der Waals surface area contributed by atoms with Crippen molar-refractivity contribution in [1.82, 2.24) is 25.9 Å². The van der Waals surface area contributed by atoms with E-state index in [4.69, 9.17) is 4.74 Å². The Bertz CT molecular complexity index is 644. The quantitative estimate of drug-likeness (QED) is 0.197. The molecule has 0 saturated carbocycles. The van der Waals surface area contributed by atoms with E-state index in [1.54, 1.807) is 6.92 Å². The third kappa shape index (κ3) is 13.4. The van der Waals surface area contributed by atoms with Crippen molar-refractivity contribution in [3.8, 4) is 0 Å². The number of carbonyl (C=O) groups is 2. The third-order valence-corrected chi connectivity index (χ3v) is 4.80. The minimum atomic E-state index is -1.03. The van der Waals surface area contributed by atoms with Crippen molar-refractivity contribution in [3.05, 3.63) is 30.1 Å². The fourth-order valence-corrected chi connectivity index (χ4v) is 3.08. The van der Waals surface area contributed by atoms with Crippen LogP contribution < -0.4 is 5.32 Å². The summed E-state index contributed by atoms with van der Waals surface area (Å²) in [5.74, 6) is -0.728. The second kappa shape index (κ2) is 18.3. The first kappa shape index (κ1) is 26.5. The molecule has 1 unspecified atom stereocenters. The van der Waals surface area contributed by atoms with E-state index >= 15 is 0 Å². The molecule has 2 N–H and O–H groups in total. The topological polar surface area (TPSA) is 110 Å². The van der Waals surface area contributed by atoms with Crippen LogP contribution in [0.15, 0.2) is 24.3 Å². The monoisotopic (exact) mass is 433 g/mol. The van der Waals surface area contributed by atoms with Crippen molar-refractivity contribution in [2.45, 2.75) is 96.9 Å². The second-order valence-corrected chi connectivity index (χ2v) is 7.50. The Morgan fingerprint density at radius 2 is 1.65 bits per heavy atom. The Morgan fingerprint density at radius 1 is 0.968 bits per heavy atom. The van der Waals surface area contributed by atoms with Crippen molar-refractivity contribution < 1.29 is 14.3 Å². The first-order valence-electron chi connectivity index (χ1n) is 11.7. The second-order valence-electron chi connectivity index (χ2n) is 7.50. The van der Waals surface area contributed by atoms with Gasteiger partial charge in [-0.2, -0.15) is 5.21 Å². The van der Waals surface area contributed by atoms with Crippen LogP contribution in [0.5, 0.6) is 0 Å². The van der Waals surface area contributed by atoms with Crippen LogP contribution in [0.4, 0.5) is 0 Å². The van der Waals surface area contributed by atoms with Crippen LogP contribution in [-0.2, 0) is 14.3 Å². The van der Waals surface area contributed by atoms with E-state index in [1.807, 2.05) is 0 Å². The number of aromatic nitrogens is 4. The molecule has 0 aliphatic carbocycles. The number of nitrogens with zero attached hydrogens (tertiary/aromatic N) is 3. The average Bonchev–Trinajstić information content (AvgIpc) is 3.29. The van der Waals surface area contributed by atoms with Gasteiger partial charge in [0.05, 0.1) is 6.61 Å². The number of tetrazole rings is 1. The molecule has 0 aliphatic heterocycles. The number of hydrogen-bond acceptors (Lipinski definition) is 6. The number of unbranched alkanes of at least 4 members (excludes halogenated alkanes) is 8. The smallest absolute Gasteiger partial charge is 0.336 e. The van der Waals surface area contributed by atoms with Crippen LogP contribution in [0.25, 0.3) is 0 Å². The number of esters is 1. The standard InChI is InChI=1S/C23H39N5O3/c1-3-5-6-7-8-9-10-11-12-13-14-15-16-17-18-19-20(29)24-21(23(30)31-4-2)22-25-27-28-26-22/h11-12,14-15,21H,3-10,13,16-19H2,1-2H3,(H,24,29)(H,25,26,27,28)/b12-11-,15-14-. The van der Waals surface area contributed by atoms with Crippen molar-refractivity contribution >= 4 is 11.9 Å². The maximum Gasteiger partial charge on any atom is 0.336 e. The lowest BCUT2D eigenvalue weighted by atomic mass is 10.1. The molecule has 1 amide bonds. The van der Waals surface area contributed by atoms with E-state index in [2.05, 4.69) is 57.2 Å². The maximum absolute atomic E-state index is 12.2. The van der Waals surface area contributed by atoms with Crippen molar-refractivity contribution in [2.75, 3.05) is 6.61 Å². The summed E-state index contributed by atoms with van der Waals surface area (Å²) in [5.41, 5.74) is 0. The predicted molar refractivity (Wildman–Crippen MR) is 121 cm³/mol. The highest BCUT2D eigenvalue weighted by Gasteiger charge is 2.27. The normalized spacial score (nSPS) is 12.5. The largest absolute Gasteiger partial charge is 0.464 e. The molecule has 0 bridgehead atoms. The summed E-state index contributed by atoms with van der Waals surface area (Å²) in [6.07, 6.45) is 21.9. The Labute approximate surface area is 186 Å². The Hall–Kier alpha value is -2.51. The highest BCUT2D eigenvalue weighted by Crippen LogP contribution is 2.10. The number of H-pyrrole nitrogens is 1. The zero-order valence-electron chi connectivity index (χ0n) is 19.1. The van der Waals surface area contributed by atoms with Gasteiger partial charge < -0.3 is 10.1 Å². The summed E-state index contributed by atoms with van der Waals surface area (Å²) >= 11 is 0. The Kier molecular flexibility index (Phi) is 15.6. The molecule has 174 valence electrons. The van der Waals surface area contributed by atoms with Gasteiger partial charge in [0.15, 0.2) is 6.04 Å². The molecule has 0 aromatic carbocycles. The van der Waals surface area contributed by atoms with E-state index in [9.17, 15) is 9.59 Å². The summed E-state index contributed by atoms with van der Waals surface area (Å²) in [5, 5.41) is 15.9. The summed E-state index contributed by atoms with van der Waals surface area (Å²) < 4.78 is 4.97. The molecule has 0 fully saturated rings. The van der Waals surface area contributed by atoms with E-state index in [0.29, 0.717) is 6.42 Å². The summed E-state index contributed by atoms with van der Waals surface area (Å²) in [6, 6.07) is -1.03. The van der Waals surface area contributed by atoms with Gasteiger partial charge in [-0.05, 0) is 45.4 Å². The van der Waals surface area contributed by atoms with Gasteiger partial charge in [0, 0.05) is 6.42 Å². The van der Waals surface area contributed by atoms with Gasteiger partial charge in [0.2, 0.25) is 11.7 Å². The van der Waals surface area contributed by atoms with Crippen molar-refractivity contribution in [1.29, 1.82) is 0 Å². The lowest BCUT2D eigenvalue weighted by Crippen LogP contribution is -2.35. The van der Waals surface area contributed by atoms with E-state index in [1.165, 1.54) is 44.9 Å². The van der Waals surface area contributed by atoms with E-state index in [-0.39, 0.29) is 18.3 Å². The molecule has 0 saturated heterocycles. The molecule has 1 rings (SSSR count). The molecule has 0 spiro atoms. The molecule has 31 heavy (non-hydrogen) atoms. The highest BCUT2D eigenvalue weighted by atomic mass is 16.5. The fraction of sp³-hybridized carbons (Fsp3) is 0.696. The van der Waals surface area contributed by atoms with E-state index in [0.717, 1.165) is 25.7 Å². The lowest BCUT2D eigenvalue weighted by Gasteiger charge is -2.13. The zero-order valence-corrected chi connectivity index (χ0v) is 19.1.